The van der Waals surface area contributed by atoms with E-state index < -0.39 is 12.1 Å². The van der Waals surface area contributed by atoms with Gasteiger partial charge in [-0.05, 0) is 89.9 Å². The predicted molar refractivity (Wildman–Crippen MR) is 361 cm³/mol. The van der Waals surface area contributed by atoms with E-state index in [2.05, 4.69) is 55.6 Å². The molecule has 3 N–H and O–H groups in total. The molecule has 0 bridgehead atoms. The first-order chi connectivity index (χ1) is 40.5. The molecule has 6 heteroatoms. The standard InChI is InChI=1S/C76H143NO5/c1-3-5-7-9-11-13-15-16-17-18-36-40-43-46-50-54-58-62-66-70-76(81)82-71-67-63-59-55-51-47-44-41-38-35-33-31-29-27-25-23-21-19-20-22-24-26-28-30-32-34-37-39-42-45-49-53-57-61-65-69-75(80)77-73(72-78)74(79)68-64-60-56-52-48-14-12-10-8-6-4-2/h16-17,21,23,27,29,64,68,73-74,78-79H,3-15,18-20,22,24-26,28,30-63,65-67,69-72H2,1-2H3,(H,77,80)/b17-16-,23-21-,29-27-,68-64+. The van der Waals surface area contributed by atoms with E-state index in [1.165, 1.54) is 327 Å². The lowest BCUT2D eigenvalue weighted by Gasteiger charge is -2.20. The van der Waals surface area contributed by atoms with Crippen molar-refractivity contribution in [2.24, 2.45) is 0 Å². The van der Waals surface area contributed by atoms with Crippen molar-refractivity contribution >= 4 is 11.9 Å². The summed E-state index contributed by atoms with van der Waals surface area (Å²) in [5.41, 5.74) is 0. The Bertz CT molecular complexity index is 1370. The second kappa shape index (κ2) is 71.3. The quantitative estimate of drug-likeness (QED) is 0.0320. The lowest BCUT2D eigenvalue weighted by molar-refractivity contribution is -0.143. The monoisotopic (exact) mass is 1150 g/mol. The molecule has 0 aliphatic heterocycles. The molecule has 2 unspecified atom stereocenters. The fraction of sp³-hybridized carbons (Fsp3) is 0.868. The van der Waals surface area contributed by atoms with Crippen LogP contribution in [0.3, 0.4) is 0 Å². The number of carbonyl (C=O) groups excluding carboxylic acids is 2. The minimum absolute atomic E-state index is 0.0164. The number of hydrogen-bond donors (Lipinski definition) is 3. The molecule has 0 aliphatic carbocycles. The van der Waals surface area contributed by atoms with Gasteiger partial charge >= 0.3 is 5.97 Å². The smallest absolute Gasteiger partial charge is 0.305 e. The SMILES string of the molecule is CCCCCCCC/C=C\CCCCCCCCCCCC(=O)OCCCCCCCCCCCCC/C=C\C/C=C\CCCCCCCCCCCCCCCCCCCC(=O)NC(CO)C(O)/C=C/CCCCCCCCCCC. The molecule has 0 rings (SSSR count). The van der Waals surface area contributed by atoms with Crippen molar-refractivity contribution in [3.63, 3.8) is 0 Å². The molecule has 1 amide bonds. The van der Waals surface area contributed by atoms with Gasteiger partial charge in [-0.15, -0.1) is 0 Å². The highest BCUT2D eigenvalue weighted by atomic mass is 16.5. The number of carbonyl (C=O) groups is 2. The second-order valence-electron chi connectivity index (χ2n) is 25.3. The number of rotatable bonds is 69. The lowest BCUT2D eigenvalue weighted by atomic mass is 10.0. The first-order valence-electron chi connectivity index (χ1n) is 36.9. The minimum Gasteiger partial charge on any atom is -0.466 e. The van der Waals surface area contributed by atoms with Gasteiger partial charge in [-0.3, -0.25) is 9.59 Å². The van der Waals surface area contributed by atoms with Crippen LogP contribution in [0.15, 0.2) is 48.6 Å². The summed E-state index contributed by atoms with van der Waals surface area (Å²) in [4.78, 5) is 24.6. The van der Waals surface area contributed by atoms with E-state index in [0.29, 0.717) is 19.4 Å². The number of nitrogens with one attached hydrogen (secondary N) is 1. The van der Waals surface area contributed by atoms with Crippen LogP contribution in [0.4, 0.5) is 0 Å². The van der Waals surface area contributed by atoms with Gasteiger partial charge in [0.05, 0.1) is 25.4 Å². The van der Waals surface area contributed by atoms with E-state index in [0.717, 1.165) is 44.9 Å². The number of aliphatic hydroxyl groups is 2. The van der Waals surface area contributed by atoms with Crippen molar-refractivity contribution in [1.82, 2.24) is 5.32 Å². The molecule has 0 aromatic heterocycles. The van der Waals surface area contributed by atoms with Crippen molar-refractivity contribution in [2.45, 2.75) is 411 Å². The van der Waals surface area contributed by atoms with Gasteiger partial charge in [0, 0.05) is 12.8 Å². The minimum atomic E-state index is -0.842. The molecular formula is C76H143NO5. The zero-order valence-corrected chi connectivity index (χ0v) is 55.2. The number of ether oxygens (including phenoxy) is 1. The van der Waals surface area contributed by atoms with Crippen LogP contribution in [-0.2, 0) is 14.3 Å². The number of amides is 1. The highest BCUT2D eigenvalue weighted by molar-refractivity contribution is 5.76. The van der Waals surface area contributed by atoms with E-state index in [1.807, 2.05) is 6.08 Å². The summed E-state index contributed by atoms with van der Waals surface area (Å²) in [6, 6.07) is -0.625. The summed E-state index contributed by atoms with van der Waals surface area (Å²) in [6.45, 7) is 4.91. The Balaban J connectivity index is 3.35. The Morgan fingerprint density at radius 1 is 0.341 bits per heavy atom. The molecule has 0 radical (unpaired) electrons. The van der Waals surface area contributed by atoms with E-state index in [9.17, 15) is 19.8 Å². The summed E-state index contributed by atoms with van der Waals surface area (Å²) < 4.78 is 5.51. The predicted octanol–water partition coefficient (Wildman–Crippen LogP) is 24.0. The van der Waals surface area contributed by atoms with Crippen LogP contribution in [0.2, 0.25) is 0 Å². The first-order valence-corrected chi connectivity index (χ1v) is 36.9. The Labute approximate surface area is 512 Å². The molecule has 2 atom stereocenters. The highest BCUT2D eigenvalue weighted by Crippen LogP contribution is 2.18. The summed E-state index contributed by atoms with van der Waals surface area (Å²) in [7, 11) is 0. The van der Waals surface area contributed by atoms with Crippen LogP contribution in [0.5, 0.6) is 0 Å². The largest absolute Gasteiger partial charge is 0.466 e. The van der Waals surface area contributed by atoms with Crippen molar-refractivity contribution in [3.8, 4) is 0 Å². The van der Waals surface area contributed by atoms with Gasteiger partial charge in [-0.2, -0.15) is 0 Å². The number of allylic oxidation sites excluding steroid dienone is 7. The van der Waals surface area contributed by atoms with Gasteiger partial charge in [0.1, 0.15) is 0 Å². The van der Waals surface area contributed by atoms with E-state index in [4.69, 9.17) is 4.74 Å². The molecule has 0 aliphatic rings. The maximum atomic E-state index is 12.4. The van der Waals surface area contributed by atoms with Crippen LogP contribution >= 0.6 is 0 Å². The van der Waals surface area contributed by atoms with E-state index in [1.54, 1.807) is 6.08 Å². The molecule has 0 saturated carbocycles. The van der Waals surface area contributed by atoms with Gasteiger partial charge in [-0.25, -0.2) is 0 Å². The first kappa shape index (κ1) is 79.8. The summed E-state index contributed by atoms with van der Waals surface area (Å²) in [5.74, 6) is -0.0494. The Morgan fingerprint density at radius 2 is 0.610 bits per heavy atom. The Morgan fingerprint density at radius 3 is 0.939 bits per heavy atom. The average Bonchev–Trinajstić information content (AvgIpc) is 3.48. The van der Waals surface area contributed by atoms with Gasteiger partial charge in [-0.1, -0.05) is 345 Å². The topological polar surface area (TPSA) is 95.9 Å². The zero-order chi connectivity index (χ0) is 59.2. The Kier molecular flexibility index (Phi) is 69.4. The molecule has 0 fully saturated rings. The molecule has 6 nitrogen and oxygen atoms in total. The fourth-order valence-corrected chi connectivity index (χ4v) is 11.4. The van der Waals surface area contributed by atoms with Crippen molar-refractivity contribution in [3.05, 3.63) is 48.6 Å². The van der Waals surface area contributed by atoms with Crippen molar-refractivity contribution in [2.75, 3.05) is 13.2 Å². The van der Waals surface area contributed by atoms with Crippen LogP contribution in [0.25, 0.3) is 0 Å². The third-order valence-electron chi connectivity index (χ3n) is 17.1. The molecule has 0 aromatic carbocycles. The number of aliphatic hydroxyl groups excluding tert-OH is 2. The maximum Gasteiger partial charge on any atom is 0.305 e. The van der Waals surface area contributed by atoms with Crippen LogP contribution < -0.4 is 5.32 Å². The van der Waals surface area contributed by atoms with Crippen molar-refractivity contribution < 1.29 is 24.5 Å². The fourth-order valence-electron chi connectivity index (χ4n) is 11.4. The highest BCUT2D eigenvalue weighted by Gasteiger charge is 2.18. The average molecular weight is 1150 g/mol. The van der Waals surface area contributed by atoms with E-state index >= 15 is 0 Å². The summed E-state index contributed by atoms with van der Waals surface area (Å²) in [5, 5.41) is 23.1. The van der Waals surface area contributed by atoms with Gasteiger partial charge in [0.2, 0.25) is 5.91 Å². The van der Waals surface area contributed by atoms with Gasteiger partial charge in [0.25, 0.3) is 0 Å². The van der Waals surface area contributed by atoms with Crippen molar-refractivity contribution in [1.29, 1.82) is 0 Å². The van der Waals surface area contributed by atoms with Crippen LogP contribution in [0.1, 0.15) is 399 Å². The molecule has 0 aromatic rings. The molecule has 0 heterocycles. The summed E-state index contributed by atoms with van der Waals surface area (Å²) >= 11 is 0. The molecule has 482 valence electrons. The third-order valence-corrected chi connectivity index (χ3v) is 17.1. The van der Waals surface area contributed by atoms with Gasteiger partial charge in [0.15, 0.2) is 0 Å². The van der Waals surface area contributed by atoms with Crippen LogP contribution in [0, 0.1) is 0 Å². The number of hydrogen-bond acceptors (Lipinski definition) is 5. The molecule has 0 spiro atoms. The van der Waals surface area contributed by atoms with Crippen LogP contribution in [-0.4, -0.2) is 47.4 Å². The molecule has 82 heavy (non-hydrogen) atoms. The number of unbranched alkanes of at least 4 members (excludes halogenated alkanes) is 52. The third kappa shape index (κ3) is 67.0. The van der Waals surface area contributed by atoms with E-state index in [-0.39, 0.29) is 18.5 Å². The zero-order valence-electron chi connectivity index (χ0n) is 55.2. The maximum absolute atomic E-state index is 12.4. The van der Waals surface area contributed by atoms with Gasteiger partial charge < -0.3 is 20.3 Å². The normalized spacial score (nSPS) is 12.8. The second-order valence-corrected chi connectivity index (χ2v) is 25.3. The number of esters is 1. The molecule has 0 saturated heterocycles. The Hall–Kier alpha value is -2.18. The molecular weight excluding hydrogens is 1010 g/mol. The lowest BCUT2D eigenvalue weighted by Crippen LogP contribution is -2.45. The summed E-state index contributed by atoms with van der Waals surface area (Å²) in [6.07, 6.45) is 93.6.